The first-order valence-corrected chi connectivity index (χ1v) is 9.27. The lowest BCUT2D eigenvalue weighted by Crippen LogP contribution is -2.30. The highest BCUT2D eigenvalue weighted by atomic mass is 35.5. The summed E-state index contributed by atoms with van der Waals surface area (Å²) in [6.07, 6.45) is -1.03. The summed E-state index contributed by atoms with van der Waals surface area (Å²) >= 11 is 6.89. The molecule has 27 heavy (non-hydrogen) atoms. The zero-order valence-electron chi connectivity index (χ0n) is 14.6. The molecule has 0 radical (unpaired) electrons. The number of para-hydroxylation sites is 1. The number of esters is 1. The van der Waals surface area contributed by atoms with Gasteiger partial charge >= 0.3 is 5.97 Å². The second-order valence-electron chi connectivity index (χ2n) is 5.59. The molecular formula is C18H17ClN2O5S. The van der Waals surface area contributed by atoms with Gasteiger partial charge in [-0.3, -0.25) is 19.7 Å². The van der Waals surface area contributed by atoms with Crippen molar-refractivity contribution >= 4 is 46.6 Å². The summed E-state index contributed by atoms with van der Waals surface area (Å²) in [7, 11) is 0. The van der Waals surface area contributed by atoms with E-state index in [1.807, 2.05) is 6.92 Å². The van der Waals surface area contributed by atoms with Gasteiger partial charge in [0.05, 0.1) is 15.6 Å². The maximum absolute atomic E-state index is 12.2. The molecule has 0 aliphatic carbocycles. The largest absolute Gasteiger partial charge is 0.452 e. The van der Waals surface area contributed by atoms with E-state index in [4.69, 9.17) is 16.3 Å². The molecule has 0 unspecified atom stereocenters. The van der Waals surface area contributed by atoms with Gasteiger partial charge in [0, 0.05) is 16.8 Å². The van der Waals surface area contributed by atoms with Crippen LogP contribution in [0.1, 0.15) is 12.5 Å². The first-order valence-electron chi connectivity index (χ1n) is 7.90. The maximum Gasteiger partial charge on any atom is 0.317 e. The van der Waals surface area contributed by atoms with Crippen molar-refractivity contribution in [1.29, 1.82) is 0 Å². The van der Waals surface area contributed by atoms with Crippen LogP contribution in [-0.4, -0.2) is 28.7 Å². The molecule has 1 atom stereocenters. The van der Waals surface area contributed by atoms with Gasteiger partial charge in [0.15, 0.2) is 6.10 Å². The molecule has 0 saturated heterocycles. The van der Waals surface area contributed by atoms with Crippen molar-refractivity contribution < 1.29 is 19.2 Å². The Morgan fingerprint density at radius 1 is 1.30 bits per heavy atom. The van der Waals surface area contributed by atoms with E-state index in [1.165, 1.54) is 13.0 Å². The van der Waals surface area contributed by atoms with Crippen LogP contribution in [-0.2, 0) is 14.3 Å². The number of amides is 1. The Bertz CT molecular complexity index is 875. The van der Waals surface area contributed by atoms with Gasteiger partial charge in [0.25, 0.3) is 11.6 Å². The molecule has 0 heterocycles. The second-order valence-corrected chi connectivity index (χ2v) is 7.05. The van der Waals surface area contributed by atoms with E-state index in [1.54, 1.807) is 36.4 Å². The number of nitrogens with zero attached hydrogens (tertiary/aromatic N) is 1. The Morgan fingerprint density at radius 2 is 2.00 bits per heavy atom. The van der Waals surface area contributed by atoms with Gasteiger partial charge in [0.2, 0.25) is 0 Å². The Balaban J connectivity index is 1.91. The third kappa shape index (κ3) is 5.97. The van der Waals surface area contributed by atoms with Gasteiger partial charge in [-0.05, 0) is 37.6 Å². The van der Waals surface area contributed by atoms with E-state index >= 15 is 0 Å². The number of nitro groups is 1. The molecule has 1 N–H and O–H groups in total. The van der Waals surface area contributed by atoms with Crippen molar-refractivity contribution in [2.75, 3.05) is 11.1 Å². The van der Waals surface area contributed by atoms with E-state index in [2.05, 4.69) is 5.32 Å². The maximum atomic E-state index is 12.2. The quantitative estimate of drug-likeness (QED) is 0.319. The predicted molar refractivity (Wildman–Crippen MR) is 104 cm³/mol. The third-order valence-electron chi connectivity index (χ3n) is 3.54. The summed E-state index contributed by atoms with van der Waals surface area (Å²) in [5, 5.41) is 14.1. The van der Waals surface area contributed by atoms with Crippen LogP contribution in [0.5, 0.6) is 0 Å². The molecule has 0 aliphatic rings. The van der Waals surface area contributed by atoms with Gasteiger partial charge in [0.1, 0.15) is 0 Å². The number of ether oxygens (including phenoxy) is 1. The SMILES string of the molecule is Cc1ccc(Cl)cc1NC(=O)[C@H](C)OC(=O)CSc1ccccc1[N+](=O)[O-]. The molecule has 0 spiro atoms. The van der Waals surface area contributed by atoms with Crippen LogP contribution < -0.4 is 5.32 Å². The highest BCUT2D eigenvalue weighted by Crippen LogP contribution is 2.28. The van der Waals surface area contributed by atoms with Gasteiger partial charge in [-0.25, -0.2) is 0 Å². The number of rotatable bonds is 7. The number of nitrogens with one attached hydrogen (secondary N) is 1. The van der Waals surface area contributed by atoms with E-state index in [0.717, 1.165) is 17.3 Å². The van der Waals surface area contributed by atoms with Crippen LogP contribution in [0.2, 0.25) is 5.02 Å². The predicted octanol–water partition coefficient (Wildman–Crippen LogP) is 4.22. The fourth-order valence-electron chi connectivity index (χ4n) is 2.11. The summed E-state index contributed by atoms with van der Waals surface area (Å²) < 4.78 is 5.10. The van der Waals surface area contributed by atoms with E-state index in [9.17, 15) is 19.7 Å². The van der Waals surface area contributed by atoms with Crippen LogP contribution in [0.25, 0.3) is 0 Å². The highest BCUT2D eigenvalue weighted by molar-refractivity contribution is 8.00. The molecule has 142 valence electrons. The van der Waals surface area contributed by atoms with Gasteiger partial charge in [-0.1, -0.05) is 29.8 Å². The molecule has 2 rings (SSSR count). The van der Waals surface area contributed by atoms with E-state index in [0.29, 0.717) is 15.6 Å². The number of carbonyl (C=O) groups is 2. The minimum Gasteiger partial charge on any atom is -0.452 e. The lowest BCUT2D eigenvalue weighted by Gasteiger charge is -2.15. The summed E-state index contributed by atoms with van der Waals surface area (Å²) in [6.45, 7) is 3.26. The number of aryl methyl sites for hydroxylation is 1. The lowest BCUT2D eigenvalue weighted by molar-refractivity contribution is -0.387. The number of hydrogen-bond donors (Lipinski definition) is 1. The molecule has 1 amide bonds. The molecule has 0 saturated carbocycles. The fourth-order valence-corrected chi connectivity index (χ4v) is 3.09. The Kier molecular flexibility index (Phi) is 7.20. The van der Waals surface area contributed by atoms with E-state index in [-0.39, 0.29) is 11.4 Å². The highest BCUT2D eigenvalue weighted by Gasteiger charge is 2.20. The normalized spacial score (nSPS) is 11.5. The molecule has 0 aromatic heterocycles. The molecule has 0 fully saturated rings. The van der Waals surface area contributed by atoms with Gasteiger partial charge < -0.3 is 10.1 Å². The fraction of sp³-hybridized carbons (Fsp3) is 0.222. The van der Waals surface area contributed by atoms with Crippen molar-refractivity contribution in [2.24, 2.45) is 0 Å². The van der Waals surface area contributed by atoms with Crippen LogP contribution in [0.4, 0.5) is 11.4 Å². The Labute approximate surface area is 165 Å². The zero-order valence-corrected chi connectivity index (χ0v) is 16.2. The molecule has 7 nitrogen and oxygen atoms in total. The van der Waals surface area contributed by atoms with Gasteiger partial charge in [-0.15, -0.1) is 11.8 Å². The van der Waals surface area contributed by atoms with Crippen LogP contribution in [0, 0.1) is 17.0 Å². The van der Waals surface area contributed by atoms with Crippen molar-refractivity contribution in [1.82, 2.24) is 0 Å². The van der Waals surface area contributed by atoms with Crippen LogP contribution in [0.3, 0.4) is 0 Å². The standard InChI is InChI=1S/C18H17ClN2O5S/c1-11-7-8-13(19)9-14(11)20-18(23)12(2)26-17(22)10-27-16-6-4-3-5-15(16)21(24)25/h3-9,12H,10H2,1-2H3,(H,20,23)/t12-/m0/s1. The summed E-state index contributed by atoms with van der Waals surface area (Å²) in [5.41, 5.74) is 1.26. The summed E-state index contributed by atoms with van der Waals surface area (Å²) in [6, 6.07) is 11.2. The number of hydrogen-bond acceptors (Lipinski definition) is 6. The Hall–Kier alpha value is -2.58. The number of anilines is 1. The zero-order chi connectivity index (χ0) is 20.0. The first kappa shape index (κ1) is 20.7. The number of nitro benzene ring substituents is 1. The van der Waals surface area contributed by atoms with Crippen LogP contribution >= 0.6 is 23.4 Å². The molecule has 2 aromatic carbocycles. The molecule has 0 aliphatic heterocycles. The van der Waals surface area contributed by atoms with Crippen molar-refractivity contribution in [2.45, 2.75) is 24.8 Å². The van der Waals surface area contributed by atoms with Crippen LogP contribution in [0.15, 0.2) is 47.4 Å². The lowest BCUT2D eigenvalue weighted by atomic mass is 10.2. The smallest absolute Gasteiger partial charge is 0.317 e. The van der Waals surface area contributed by atoms with E-state index < -0.39 is 22.9 Å². The molecular weight excluding hydrogens is 392 g/mol. The number of thioether (sulfide) groups is 1. The minimum atomic E-state index is -1.03. The van der Waals surface area contributed by atoms with Crippen molar-refractivity contribution in [3.05, 3.63) is 63.2 Å². The topological polar surface area (TPSA) is 98.5 Å². The second kappa shape index (κ2) is 9.38. The number of halogens is 1. The molecule has 2 aromatic rings. The van der Waals surface area contributed by atoms with Gasteiger partial charge in [-0.2, -0.15) is 0 Å². The minimum absolute atomic E-state index is 0.0856. The summed E-state index contributed by atoms with van der Waals surface area (Å²) in [4.78, 5) is 35.0. The van der Waals surface area contributed by atoms with Crippen molar-refractivity contribution in [3.8, 4) is 0 Å². The monoisotopic (exact) mass is 408 g/mol. The average molecular weight is 409 g/mol. The number of benzene rings is 2. The molecule has 9 heteroatoms. The molecule has 0 bridgehead atoms. The average Bonchev–Trinajstić information content (AvgIpc) is 2.63. The van der Waals surface area contributed by atoms with Crippen molar-refractivity contribution in [3.63, 3.8) is 0 Å². The third-order valence-corrected chi connectivity index (χ3v) is 4.81. The summed E-state index contributed by atoms with van der Waals surface area (Å²) in [5.74, 6) is -1.30. The Morgan fingerprint density at radius 3 is 2.70 bits per heavy atom. The number of carbonyl (C=O) groups excluding carboxylic acids is 2. The first-order chi connectivity index (χ1) is 12.8.